The van der Waals surface area contributed by atoms with Crippen LogP contribution in [-0.2, 0) is 6.54 Å². The van der Waals surface area contributed by atoms with Crippen molar-refractivity contribution < 1.29 is 19.1 Å². The van der Waals surface area contributed by atoms with Crippen LogP contribution in [0.15, 0.2) is 41.0 Å². The third kappa shape index (κ3) is 3.54. The van der Waals surface area contributed by atoms with Gasteiger partial charge in [-0.05, 0) is 32.0 Å². The van der Waals surface area contributed by atoms with Gasteiger partial charge in [0.25, 0.3) is 0 Å². The Hall–Kier alpha value is -2.43. The molecule has 2 aromatic rings. The maximum Gasteiger partial charge on any atom is 0.338 e. The van der Waals surface area contributed by atoms with E-state index in [1.807, 2.05) is 38.1 Å². The van der Waals surface area contributed by atoms with Gasteiger partial charge < -0.3 is 19.6 Å². The van der Waals surface area contributed by atoms with Crippen molar-refractivity contribution in [1.82, 2.24) is 0 Å². The van der Waals surface area contributed by atoms with E-state index in [-0.39, 0.29) is 11.7 Å². The SMILES string of the molecule is CC(C)Oc1ccccc1NCc1cc(C(=O)O)co1. The van der Waals surface area contributed by atoms with Crippen LogP contribution in [0.3, 0.4) is 0 Å². The summed E-state index contributed by atoms with van der Waals surface area (Å²) in [5, 5.41) is 12.0. The Balaban J connectivity index is 2.04. The summed E-state index contributed by atoms with van der Waals surface area (Å²) in [7, 11) is 0. The van der Waals surface area contributed by atoms with Gasteiger partial charge >= 0.3 is 5.97 Å². The van der Waals surface area contributed by atoms with Crippen LogP contribution in [0.4, 0.5) is 5.69 Å². The molecule has 2 rings (SSSR count). The number of carboxylic acid groups (broad SMARTS) is 1. The topological polar surface area (TPSA) is 71.7 Å². The Morgan fingerprint density at radius 3 is 2.80 bits per heavy atom. The molecule has 5 nitrogen and oxygen atoms in total. The van der Waals surface area contributed by atoms with Crippen molar-refractivity contribution in [2.75, 3.05) is 5.32 Å². The van der Waals surface area contributed by atoms with Crippen LogP contribution in [0.2, 0.25) is 0 Å². The highest BCUT2D eigenvalue weighted by Gasteiger charge is 2.09. The van der Waals surface area contributed by atoms with E-state index in [4.69, 9.17) is 14.3 Å². The standard InChI is InChI=1S/C15H17NO4/c1-10(2)20-14-6-4-3-5-13(14)16-8-12-7-11(9-19-12)15(17)18/h3-7,9-10,16H,8H2,1-2H3,(H,17,18). The number of furan rings is 1. The first-order valence-electron chi connectivity index (χ1n) is 6.36. The highest BCUT2D eigenvalue weighted by atomic mass is 16.5. The fourth-order valence-corrected chi connectivity index (χ4v) is 1.74. The maximum atomic E-state index is 10.8. The summed E-state index contributed by atoms with van der Waals surface area (Å²) < 4.78 is 10.9. The van der Waals surface area contributed by atoms with E-state index in [1.165, 1.54) is 12.3 Å². The number of hydrogen-bond donors (Lipinski definition) is 2. The molecular formula is C15H17NO4. The van der Waals surface area contributed by atoms with Gasteiger partial charge in [0, 0.05) is 0 Å². The molecule has 0 aliphatic carbocycles. The molecule has 5 heteroatoms. The molecule has 0 fully saturated rings. The molecule has 1 aromatic carbocycles. The van der Waals surface area contributed by atoms with Gasteiger partial charge in [0.05, 0.1) is 23.9 Å². The fraction of sp³-hybridized carbons (Fsp3) is 0.267. The molecule has 0 aliphatic rings. The van der Waals surface area contributed by atoms with Crippen LogP contribution in [0.25, 0.3) is 0 Å². The summed E-state index contributed by atoms with van der Waals surface area (Å²) in [5.74, 6) is 0.317. The van der Waals surface area contributed by atoms with Crippen molar-refractivity contribution in [3.8, 4) is 5.75 Å². The summed E-state index contributed by atoms with van der Waals surface area (Å²) in [6, 6.07) is 9.09. The molecule has 2 N–H and O–H groups in total. The average Bonchev–Trinajstić information content (AvgIpc) is 2.86. The normalized spacial score (nSPS) is 10.6. The van der Waals surface area contributed by atoms with Crippen molar-refractivity contribution in [2.45, 2.75) is 26.5 Å². The summed E-state index contributed by atoms with van der Waals surface area (Å²) in [6.45, 7) is 4.32. The Morgan fingerprint density at radius 2 is 2.15 bits per heavy atom. The minimum atomic E-state index is -0.997. The molecule has 106 valence electrons. The molecule has 0 saturated heterocycles. The molecule has 0 radical (unpaired) electrons. The second-order valence-electron chi connectivity index (χ2n) is 4.62. The second kappa shape index (κ2) is 6.14. The molecule has 0 aliphatic heterocycles. The lowest BCUT2D eigenvalue weighted by molar-refractivity contribution is 0.0696. The number of para-hydroxylation sites is 2. The van der Waals surface area contributed by atoms with Crippen LogP contribution < -0.4 is 10.1 Å². The summed E-state index contributed by atoms with van der Waals surface area (Å²) in [5.41, 5.74) is 0.989. The van der Waals surface area contributed by atoms with Gasteiger partial charge in [-0.25, -0.2) is 4.79 Å². The summed E-state index contributed by atoms with van der Waals surface area (Å²) in [6.07, 6.45) is 1.32. The van der Waals surface area contributed by atoms with Crippen molar-refractivity contribution in [2.24, 2.45) is 0 Å². The zero-order chi connectivity index (χ0) is 14.5. The first-order chi connectivity index (χ1) is 9.56. The average molecular weight is 275 g/mol. The molecule has 0 saturated carbocycles. The lowest BCUT2D eigenvalue weighted by atomic mass is 10.2. The quantitative estimate of drug-likeness (QED) is 0.845. The third-order valence-electron chi connectivity index (χ3n) is 2.60. The van der Waals surface area contributed by atoms with E-state index >= 15 is 0 Å². The van der Waals surface area contributed by atoms with Crippen molar-refractivity contribution in [3.63, 3.8) is 0 Å². The van der Waals surface area contributed by atoms with Gasteiger partial charge in [-0.2, -0.15) is 0 Å². The number of aromatic carboxylic acids is 1. The molecule has 0 bridgehead atoms. The molecule has 0 unspecified atom stereocenters. The minimum Gasteiger partial charge on any atom is -0.489 e. The molecular weight excluding hydrogens is 258 g/mol. The number of rotatable bonds is 6. The number of nitrogens with one attached hydrogen (secondary N) is 1. The zero-order valence-corrected chi connectivity index (χ0v) is 11.4. The first-order valence-corrected chi connectivity index (χ1v) is 6.36. The predicted octanol–water partition coefficient (Wildman–Crippen LogP) is 3.38. The Labute approximate surface area is 117 Å². The molecule has 0 spiro atoms. The second-order valence-corrected chi connectivity index (χ2v) is 4.62. The highest BCUT2D eigenvalue weighted by Crippen LogP contribution is 2.25. The summed E-state index contributed by atoms with van der Waals surface area (Å²) >= 11 is 0. The molecule has 1 heterocycles. The van der Waals surface area contributed by atoms with Crippen LogP contribution >= 0.6 is 0 Å². The largest absolute Gasteiger partial charge is 0.489 e. The third-order valence-corrected chi connectivity index (χ3v) is 2.60. The van der Waals surface area contributed by atoms with Gasteiger partial charge in [0.2, 0.25) is 0 Å². The van der Waals surface area contributed by atoms with Crippen molar-refractivity contribution in [3.05, 3.63) is 47.9 Å². The number of benzene rings is 1. The fourth-order valence-electron chi connectivity index (χ4n) is 1.74. The summed E-state index contributed by atoms with van der Waals surface area (Å²) in [4.78, 5) is 10.8. The molecule has 0 amide bonds. The molecule has 1 aromatic heterocycles. The zero-order valence-electron chi connectivity index (χ0n) is 11.4. The van der Waals surface area contributed by atoms with E-state index in [0.717, 1.165) is 11.4 Å². The van der Waals surface area contributed by atoms with Crippen molar-refractivity contribution in [1.29, 1.82) is 0 Å². The Bertz CT molecular complexity index is 589. The molecule has 20 heavy (non-hydrogen) atoms. The number of carbonyl (C=O) groups is 1. The highest BCUT2D eigenvalue weighted by molar-refractivity contribution is 5.87. The van der Waals surface area contributed by atoms with Crippen molar-refractivity contribution >= 4 is 11.7 Å². The van der Waals surface area contributed by atoms with E-state index in [2.05, 4.69) is 5.32 Å². The molecule has 0 atom stereocenters. The van der Waals surface area contributed by atoms with Crippen LogP contribution in [0.1, 0.15) is 30.0 Å². The van der Waals surface area contributed by atoms with E-state index in [0.29, 0.717) is 12.3 Å². The number of hydrogen-bond acceptors (Lipinski definition) is 4. The Morgan fingerprint density at radius 1 is 1.40 bits per heavy atom. The monoisotopic (exact) mass is 275 g/mol. The van der Waals surface area contributed by atoms with Crippen LogP contribution in [0, 0.1) is 0 Å². The van der Waals surface area contributed by atoms with Gasteiger partial charge in [-0.1, -0.05) is 12.1 Å². The number of carboxylic acids is 1. The van der Waals surface area contributed by atoms with Crippen LogP contribution in [-0.4, -0.2) is 17.2 Å². The Kier molecular flexibility index (Phi) is 4.30. The maximum absolute atomic E-state index is 10.8. The smallest absolute Gasteiger partial charge is 0.338 e. The first kappa shape index (κ1) is 14.0. The number of ether oxygens (including phenoxy) is 1. The minimum absolute atomic E-state index is 0.0835. The van der Waals surface area contributed by atoms with E-state index in [9.17, 15) is 4.79 Å². The van der Waals surface area contributed by atoms with E-state index < -0.39 is 5.97 Å². The number of anilines is 1. The van der Waals surface area contributed by atoms with Crippen LogP contribution in [0.5, 0.6) is 5.75 Å². The lowest BCUT2D eigenvalue weighted by Crippen LogP contribution is -2.08. The van der Waals surface area contributed by atoms with Gasteiger partial charge in [0.1, 0.15) is 17.8 Å². The van der Waals surface area contributed by atoms with Gasteiger partial charge in [0.15, 0.2) is 0 Å². The lowest BCUT2D eigenvalue weighted by Gasteiger charge is -2.14. The van der Waals surface area contributed by atoms with E-state index in [1.54, 1.807) is 0 Å². The predicted molar refractivity (Wildman–Crippen MR) is 75.2 cm³/mol. The van der Waals surface area contributed by atoms with Gasteiger partial charge in [-0.15, -0.1) is 0 Å². The van der Waals surface area contributed by atoms with Gasteiger partial charge in [-0.3, -0.25) is 0 Å².